The van der Waals surface area contributed by atoms with Crippen LogP contribution in [-0.4, -0.2) is 137 Å². The Kier molecular flexibility index (Phi) is 26.0. The van der Waals surface area contributed by atoms with Crippen LogP contribution in [0.3, 0.4) is 0 Å². The SMILES string of the molecule is COc1c(CC(=O)c2ccc(CS)c(C#N)c2)cnc2c1c(C1CCN(C(=O)[C@H](C)C(C)(C)C)CC1)cn2C.COc1c(CC(=O)c2cccc(C#N)c2)cnc2c1c([C@@H]1CCN(C(=O)C3CC(C)(C)C3)C(C)(C)C1)cn2C.COc1c(CC(=O)c2cccc(C#N)c2)cnc2c1c([C@@H]1CCN(C(=O)[C@@H](C)C(C)(C)C)C(C)(C)C1)cn2C. The molecule has 1 saturated carbocycles. The van der Waals surface area contributed by atoms with Crippen LogP contribution in [0, 0.1) is 68.0 Å². The van der Waals surface area contributed by atoms with Crippen molar-refractivity contribution in [3.63, 3.8) is 0 Å². The van der Waals surface area contributed by atoms with Crippen LogP contribution in [0.25, 0.3) is 33.1 Å². The number of pyridine rings is 3. The molecule has 3 aromatic carbocycles. The number of fused-ring (bicyclic) bond motifs is 3. The second-order valence-electron chi connectivity index (χ2n) is 37.0. The van der Waals surface area contributed by atoms with Crippen LogP contribution in [0.1, 0.15) is 253 Å². The predicted molar refractivity (Wildman–Crippen MR) is 460 cm³/mol. The molecule has 21 nitrogen and oxygen atoms in total. The molecule has 0 bridgehead atoms. The summed E-state index contributed by atoms with van der Waals surface area (Å²) >= 11 is 4.27. The summed E-state index contributed by atoms with van der Waals surface area (Å²) < 4.78 is 23.9. The third-order valence-electron chi connectivity index (χ3n) is 25.4. The van der Waals surface area contributed by atoms with Crippen LogP contribution in [-0.2, 0) is 60.5 Å². The van der Waals surface area contributed by atoms with Gasteiger partial charge in [0.2, 0.25) is 17.7 Å². The average molecular weight is 1600 g/mol. The zero-order valence-corrected chi connectivity index (χ0v) is 73.0. The lowest BCUT2D eigenvalue weighted by Crippen LogP contribution is -2.56. The number of likely N-dealkylation sites (tertiary alicyclic amines) is 3. The second-order valence-corrected chi connectivity index (χ2v) is 37.3. The number of hydrogen-bond donors (Lipinski definition) is 1. The summed E-state index contributed by atoms with van der Waals surface area (Å²) in [6, 6.07) is 25.0. The Morgan fingerprint density at radius 3 is 1.23 bits per heavy atom. The average Bonchev–Trinajstić information content (AvgIpc) is 1.64. The zero-order chi connectivity index (χ0) is 85.3. The Morgan fingerprint density at radius 2 is 0.872 bits per heavy atom. The summed E-state index contributed by atoms with van der Waals surface area (Å²) in [5.74, 6) is 3.65. The number of methoxy groups -OCH3 is 3. The molecule has 4 atom stereocenters. The minimum atomic E-state index is -0.304. The maximum Gasteiger partial charge on any atom is 0.226 e. The number of piperidine rings is 3. The quantitative estimate of drug-likeness (QED) is 0.0582. The number of benzene rings is 3. The number of thiol groups is 1. The van der Waals surface area contributed by atoms with E-state index in [-0.39, 0.29) is 111 Å². The zero-order valence-electron chi connectivity index (χ0n) is 72.1. The van der Waals surface area contributed by atoms with Crippen LogP contribution < -0.4 is 14.2 Å². The first-order valence-corrected chi connectivity index (χ1v) is 41.5. The molecule has 4 aliphatic rings. The van der Waals surface area contributed by atoms with Crippen LogP contribution in [0.15, 0.2) is 104 Å². The van der Waals surface area contributed by atoms with Gasteiger partial charge in [-0.2, -0.15) is 28.4 Å². The van der Waals surface area contributed by atoms with Gasteiger partial charge in [-0.15, -0.1) is 0 Å². The lowest BCUT2D eigenvalue weighted by molar-refractivity contribution is -0.150. The molecule has 0 spiro atoms. The molecule has 3 amide bonds. The topological polar surface area (TPSA) is 265 Å². The van der Waals surface area contributed by atoms with Crippen molar-refractivity contribution in [3.05, 3.63) is 176 Å². The summed E-state index contributed by atoms with van der Waals surface area (Å²) in [7, 11) is 10.8. The number of ketones is 3. The van der Waals surface area contributed by atoms with Crippen LogP contribution in [0.4, 0.5) is 0 Å². The number of nitriles is 3. The highest BCUT2D eigenvalue weighted by atomic mass is 32.1. The molecule has 3 aliphatic heterocycles. The van der Waals surface area contributed by atoms with E-state index in [4.69, 9.17) is 29.2 Å². The first kappa shape index (κ1) is 87.2. The molecule has 9 heterocycles. The van der Waals surface area contributed by atoms with Crippen molar-refractivity contribution in [2.75, 3.05) is 47.5 Å². The molecule has 1 aliphatic carbocycles. The van der Waals surface area contributed by atoms with Gasteiger partial charge in [-0.05, 0) is 166 Å². The number of amides is 3. The van der Waals surface area contributed by atoms with Gasteiger partial charge in [0.25, 0.3) is 0 Å². The van der Waals surface area contributed by atoms with Crippen LogP contribution >= 0.6 is 12.6 Å². The molecule has 0 N–H and O–H groups in total. The van der Waals surface area contributed by atoms with Crippen molar-refractivity contribution >= 4 is 80.8 Å². The number of rotatable bonds is 19. The fourth-order valence-corrected chi connectivity index (χ4v) is 18.3. The highest BCUT2D eigenvalue weighted by molar-refractivity contribution is 7.79. The van der Waals surface area contributed by atoms with E-state index in [9.17, 15) is 44.6 Å². The van der Waals surface area contributed by atoms with E-state index in [1.54, 1.807) is 107 Å². The van der Waals surface area contributed by atoms with Gasteiger partial charge in [-0.3, -0.25) is 28.8 Å². The Hall–Kier alpha value is -10.6. The number of Topliss-reactive ketones (excluding diaryl/α,β-unsaturated/α-hetero) is 3. The summed E-state index contributed by atoms with van der Waals surface area (Å²) in [6.07, 6.45) is 18.9. The largest absolute Gasteiger partial charge is 0.496 e. The highest BCUT2D eigenvalue weighted by Gasteiger charge is 2.48. The molecule has 6 aromatic heterocycles. The Bertz CT molecular complexity index is 5440. The molecule has 4 fully saturated rings. The van der Waals surface area contributed by atoms with Gasteiger partial charge in [-0.1, -0.05) is 106 Å². The number of ether oxygens (including phenoxy) is 3. The third kappa shape index (κ3) is 18.4. The number of carbonyl (C=O) groups is 6. The van der Waals surface area contributed by atoms with E-state index in [0.29, 0.717) is 74.4 Å². The summed E-state index contributed by atoms with van der Waals surface area (Å²) in [5, 5.41) is 30.7. The minimum Gasteiger partial charge on any atom is -0.496 e. The Morgan fingerprint density at radius 1 is 0.496 bits per heavy atom. The van der Waals surface area contributed by atoms with Crippen LogP contribution in [0.5, 0.6) is 17.2 Å². The Balaban J connectivity index is 0.000000172. The van der Waals surface area contributed by atoms with E-state index >= 15 is 0 Å². The number of nitrogens with zero attached hydrogens (tertiary/aromatic N) is 12. The van der Waals surface area contributed by atoms with Crippen molar-refractivity contribution in [2.45, 2.75) is 202 Å². The lowest BCUT2D eigenvalue weighted by Gasteiger charge is -2.50. The van der Waals surface area contributed by atoms with Gasteiger partial charge in [0, 0.05) is 172 Å². The molecule has 0 unspecified atom stereocenters. The molecular formula is C95H116N12O9S. The molecule has 616 valence electrons. The molecule has 13 rings (SSSR count). The second kappa shape index (κ2) is 34.9. The van der Waals surface area contributed by atoms with Gasteiger partial charge in [0.05, 0.1) is 72.4 Å². The van der Waals surface area contributed by atoms with E-state index in [0.717, 1.165) is 137 Å². The van der Waals surface area contributed by atoms with Gasteiger partial charge in [0.15, 0.2) is 17.3 Å². The van der Waals surface area contributed by atoms with Gasteiger partial charge in [0.1, 0.15) is 34.2 Å². The normalized spacial score (nSPS) is 17.9. The summed E-state index contributed by atoms with van der Waals surface area (Å²) in [5.41, 5.74) is 11.2. The Labute approximate surface area is 695 Å². The number of aryl methyl sites for hydroxylation is 3. The van der Waals surface area contributed by atoms with Gasteiger partial charge >= 0.3 is 0 Å². The minimum absolute atomic E-state index is 0.0330. The van der Waals surface area contributed by atoms with E-state index < -0.39 is 0 Å². The third-order valence-corrected chi connectivity index (χ3v) is 25.8. The van der Waals surface area contributed by atoms with Crippen molar-refractivity contribution in [2.24, 2.45) is 55.1 Å². The summed E-state index contributed by atoms with van der Waals surface area (Å²) in [4.78, 5) is 99.9. The van der Waals surface area contributed by atoms with Gasteiger partial charge < -0.3 is 42.6 Å². The molecule has 3 saturated heterocycles. The van der Waals surface area contributed by atoms with E-state index in [1.807, 2.05) is 53.6 Å². The molecule has 0 radical (unpaired) electrons. The maximum absolute atomic E-state index is 13.5. The number of aromatic nitrogens is 6. The van der Waals surface area contributed by atoms with Crippen LogP contribution in [0.2, 0.25) is 0 Å². The van der Waals surface area contributed by atoms with E-state index in [1.165, 1.54) is 0 Å². The van der Waals surface area contributed by atoms with Crippen molar-refractivity contribution in [1.29, 1.82) is 15.8 Å². The van der Waals surface area contributed by atoms with E-state index in [2.05, 4.69) is 142 Å². The molecule has 9 aromatic rings. The number of hydrogen-bond acceptors (Lipinski definition) is 16. The standard InChI is InChI=1S/C32H38N4O3.C32H40N4O3.C31H38N4O3S/c1-31(2)14-24(15-31)30(38)36-11-10-22(16-32(36,3)4)25-19-35(5)29-27(25)28(39-6)23(18-34-29)13-26(37)21-9-7-8-20(12-21)17-33;1-20(31(2,3)4)30(38)36-13-12-23(16-32(36,5)6)25-19-35(7)29-27(25)28(39-8)24(18-34-29)15-26(37)22-11-9-10-21(14-22)17-33;1-19(31(2,3)4)30(37)35-11-9-20(10-12-35)25-17-34(5)29-27(25)28(38-6)24(16-33-29)14-26(36)21-7-8-22(18-39)23(13-21)15-32/h7-9,12,18-19,22,24H,10-11,13-16H2,1-6H3;9-11,14,18-20,23H,12-13,15-16H2,1-8H3;7-8,13,16-17,19-20,39H,9-12,14,18H2,1-6H3/t22-;20-,23-;19-/m110/s1. The van der Waals surface area contributed by atoms with Crippen molar-refractivity contribution in [1.82, 2.24) is 43.4 Å². The maximum atomic E-state index is 13.5. The van der Waals surface area contributed by atoms with Crippen molar-refractivity contribution < 1.29 is 43.0 Å². The predicted octanol–water partition coefficient (Wildman–Crippen LogP) is 17.5. The number of carbonyl (C=O) groups excluding carboxylic acids is 6. The molecular weight excluding hydrogens is 1490 g/mol. The fraction of sp³-hybridized carbons (Fsp3) is 0.495. The molecule has 117 heavy (non-hydrogen) atoms. The smallest absolute Gasteiger partial charge is 0.226 e. The highest BCUT2D eigenvalue weighted by Crippen LogP contribution is 2.51. The molecule has 22 heteroatoms. The summed E-state index contributed by atoms with van der Waals surface area (Å²) in [6.45, 7) is 32.8. The monoisotopic (exact) mass is 1600 g/mol. The fourth-order valence-electron chi connectivity index (χ4n) is 18.0. The van der Waals surface area contributed by atoms with Gasteiger partial charge in [-0.25, -0.2) is 15.0 Å². The lowest BCUT2D eigenvalue weighted by atomic mass is 9.63. The van der Waals surface area contributed by atoms with Crippen molar-refractivity contribution in [3.8, 4) is 35.5 Å². The first-order valence-electron chi connectivity index (χ1n) is 40.9. The first-order chi connectivity index (χ1) is 55.2.